The van der Waals surface area contributed by atoms with Gasteiger partial charge in [-0.3, -0.25) is 4.79 Å². The van der Waals surface area contributed by atoms with Crippen molar-refractivity contribution in [2.45, 2.75) is 12.8 Å². The van der Waals surface area contributed by atoms with Crippen LogP contribution in [0.25, 0.3) is 5.69 Å². The number of likely N-dealkylation sites (tertiary alicyclic amines) is 1. The monoisotopic (exact) mass is 314 g/mol. The second-order valence-electron chi connectivity index (χ2n) is 5.94. The first-order chi connectivity index (χ1) is 11.2. The number of carbonyl (C=O) groups excluding carboxylic acids is 1. The van der Waals surface area contributed by atoms with Gasteiger partial charge in [0.2, 0.25) is 0 Å². The van der Waals surface area contributed by atoms with E-state index in [2.05, 4.69) is 10.4 Å². The van der Waals surface area contributed by atoms with Crippen LogP contribution < -0.4 is 5.32 Å². The largest absolute Gasteiger partial charge is 0.504 e. The van der Waals surface area contributed by atoms with Gasteiger partial charge in [0.15, 0.2) is 11.4 Å². The lowest BCUT2D eigenvalue weighted by molar-refractivity contribution is 0.0681. The van der Waals surface area contributed by atoms with Crippen LogP contribution in [0.2, 0.25) is 0 Å². The van der Waals surface area contributed by atoms with E-state index in [0.29, 0.717) is 19.0 Å². The number of piperidine rings is 1. The highest BCUT2D eigenvalue weighted by Gasteiger charge is 2.27. The maximum absolute atomic E-state index is 12.6. The van der Waals surface area contributed by atoms with Crippen LogP contribution >= 0.6 is 0 Å². The van der Waals surface area contributed by atoms with Crippen molar-refractivity contribution in [3.63, 3.8) is 0 Å². The first-order valence-corrected chi connectivity index (χ1v) is 7.97. The molecule has 0 spiro atoms. The Hall–Kier alpha value is -2.34. The summed E-state index contributed by atoms with van der Waals surface area (Å²) in [7, 11) is 1.95. The number of aromatic nitrogens is 2. The number of hydrogen-bond donors (Lipinski definition) is 2. The summed E-state index contributed by atoms with van der Waals surface area (Å²) in [5.74, 6) is 0.343. The number of aromatic hydroxyl groups is 1. The molecule has 1 fully saturated rings. The highest BCUT2D eigenvalue weighted by atomic mass is 16.3. The van der Waals surface area contributed by atoms with E-state index in [4.69, 9.17) is 0 Å². The van der Waals surface area contributed by atoms with Crippen molar-refractivity contribution < 1.29 is 9.90 Å². The van der Waals surface area contributed by atoms with Gasteiger partial charge in [0.05, 0.1) is 11.9 Å². The molecule has 6 nitrogen and oxygen atoms in total. The van der Waals surface area contributed by atoms with E-state index in [1.807, 2.05) is 37.4 Å². The topological polar surface area (TPSA) is 70.4 Å². The van der Waals surface area contributed by atoms with E-state index in [0.717, 1.165) is 25.1 Å². The highest BCUT2D eigenvalue weighted by molar-refractivity contribution is 5.94. The molecule has 0 aliphatic carbocycles. The molecule has 1 aromatic carbocycles. The first kappa shape index (κ1) is 15.6. The highest BCUT2D eigenvalue weighted by Crippen LogP contribution is 2.23. The number of carbonyl (C=O) groups is 1. The summed E-state index contributed by atoms with van der Waals surface area (Å²) in [6, 6.07) is 9.45. The van der Waals surface area contributed by atoms with Crippen molar-refractivity contribution in [3.8, 4) is 11.4 Å². The van der Waals surface area contributed by atoms with Gasteiger partial charge in [0.1, 0.15) is 0 Å². The molecule has 3 rings (SSSR count). The van der Waals surface area contributed by atoms with Gasteiger partial charge in [0, 0.05) is 13.1 Å². The number of nitrogens with zero attached hydrogens (tertiary/aromatic N) is 3. The van der Waals surface area contributed by atoms with Gasteiger partial charge in [0.25, 0.3) is 5.91 Å². The Morgan fingerprint density at radius 3 is 2.65 bits per heavy atom. The van der Waals surface area contributed by atoms with Crippen LogP contribution in [0.5, 0.6) is 5.75 Å². The third kappa shape index (κ3) is 3.37. The number of amides is 1. The smallest absolute Gasteiger partial charge is 0.278 e. The first-order valence-electron chi connectivity index (χ1n) is 7.97. The van der Waals surface area contributed by atoms with Crippen molar-refractivity contribution in [1.82, 2.24) is 20.0 Å². The quantitative estimate of drug-likeness (QED) is 0.900. The molecule has 1 aliphatic heterocycles. The molecule has 122 valence electrons. The molecule has 0 atom stereocenters. The summed E-state index contributed by atoms with van der Waals surface area (Å²) in [6.07, 6.45) is 3.44. The molecule has 0 saturated carbocycles. The Morgan fingerprint density at radius 1 is 1.30 bits per heavy atom. The molecule has 2 aromatic rings. The predicted octanol–water partition coefficient (Wildman–Crippen LogP) is 1.65. The fourth-order valence-electron chi connectivity index (χ4n) is 3.01. The van der Waals surface area contributed by atoms with Gasteiger partial charge in [-0.2, -0.15) is 5.10 Å². The maximum atomic E-state index is 12.6. The van der Waals surface area contributed by atoms with Crippen LogP contribution in [0.4, 0.5) is 0 Å². The number of hydrogen-bond acceptors (Lipinski definition) is 4. The van der Waals surface area contributed by atoms with Crippen LogP contribution in [0.3, 0.4) is 0 Å². The molecule has 1 amide bonds. The summed E-state index contributed by atoms with van der Waals surface area (Å²) in [5.41, 5.74) is 0.940. The average Bonchev–Trinajstić information content (AvgIpc) is 2.98. The maximum Gasteiger partial charge on any atom is 0.278 e. The predicted molar refractivity (Wildman–Crippen MR) is 87.8 cm³/mol. The molecule has 6 heteroatoms. The Labute approximate surface area is 135 Å². The zero-order chi connectivity index (χ0) is 16.2. The van der Waals surface area contributed by atoms with E-state index in [1.54, 1.807) is 4.90 Å². The fourth-order valence-corrected chi connectivity index (χ4v) is 3.01. The van der Waals surface area contributed by atoms with E-state index in [1.165, 1.54) is 10.9 Å². The Balaban J connectivity index is 1.72. The molecule has 0 bridgehead atoms. The normalized spacial score (nSPS) is 15.8. The van der Waals surface area contributed by atoms with Crippen molar-refractivity contribution in [3.05, 3.63) is 42.2 Å². The standard InChI is InChI=1S/C17H22N4O2/c1-18-11-13-7-9-20(10-8-13)17(23)16-15(22)12-21(19-16)14-5-3-2-4-6-14/h2-6,12-13,18,22H,7-11H2,1H3. The van der Waals surface area contributed by atoms with Crippen LogP contribution in [0.1, 0.15) is 23.3 Å². The molecule has 2 heterocycles. The summed E-state index contributed by atoms with van der Waals surface area (Å²) < 4.78 is 1.54. The summed E-state index contributed by atoms with van der Waals surface area (Å²) in [4.78, 5) is 14.4. The molecule has 0 radical (unpaired) electrons. The lowest BCUT2D eigenvalue weighted by Gasteiger charge is -2.31. The third-order valence-corrected chi connectivity index (χ3v) is 4.31. The minimum absolute atomic E-state index is 0.0730. The molecule has 1 aromatic heterocycles. The molecule has 1 saturated heterocycles. The zero-order valence-corrected chi connectivity index (χ0v) is 13.3. The molecule has 2 N–H and O–H groups in total. The molecule has 0 unspecified atom stereocenters. The number of nitrogens with one attached hydrogen (secondary N) is 1. The molecule has 1 aliphatic rings. The molecular weight excluding hydrogens is 292 g/mol. The van der Waals surface area contributed by atoms with E-state index in [-0.39, 0.29) is 17.4 Å². The summed E-state index contributed by atoms with van der Waals surface area (Å²) >= 11 is 0. The second kappa shape index (κ2) is 6.83. The summed E-state index contributed by atoms with van der Waals surface area (Å²) in [5, 5.41) is 17.5. The van der Waals surface area contributed by atoms with Gasteiger partial charge >= 0.3 is 0 Å². The van der Waals surface area contributed by atoms with Crippen molar-refractivity contribution in [1.29, 1.82) is 0 Å². The second-order valence-corrected chi connectivity index (χ2v) is 5.94. The van der Waals surface area contributed by atoms with E-state index >= 15 is 0 Å². The van der Waals surface area contributed by atoms with Gasteiger partial charge in [-0.15, -0.1) is 0 Å². The van der Waals surface area contributed by atoms with Gasteiger partial charge in [-0.1, -0.05) is 18.2 Å². The molecular formula is C17H22N4O2. The minimum Gasteiger partial charge on any atom is -0.504 e. The van der Waals surface area contributed by atoms with Crippen molar-refractivity contribution in [2.24, 2.45) is 5.92 Å². The minimum atomic E-state index is -0.194. The number of para-hydroxylation sites is 1. The van der Waals surface area contributed by atoms with Crippen LogP contribution in [-0.2, 0) is 0 Å². The van der Waals surface area contributed by atoms with Crippen LogP contribution in [0, 0.1) is 5.92 Å². The number of rotatable bonds is 4. The number of benzene rings is 1. The van der Waals surface area contributed by atoms with Crippen LogP contribution in [-0.4, -0.2) is 52.4 Å². The summed E-state index contributed by atoms with van der Waals surface area (Å²) in [6.45, 7) is 2.40. The Bertz CT molecular complexity index is 660. The lowest BCUT2D eigenvalue weighted by Crippen LogP contribution is -2.40. The van der Waals surface area contributed by atoms with Crippen LogP contribution in [0.15, 0.2) is 36.5 Å². The Morgan fingerprint density at radius 2 is 2.00 bits per heavy atom. The van der Waals surface area contributed by atoms with E-state index < -0.39 is 0 Å². The van der Waals surface area contributed by atoms with E-state index in [9.17, 15) is 9.90 Å². The van der Waals surface area contributed by atoms with Crippen molar-refractivity contribution >= 4 is 5.91 Å². The van der Waals surface area contributed by atoms with Gasteiger partial charge in [-0.25, -0.2) is 4.68 Å². The SMILES string of the molecule is CNCC1CCN(C(=O)c2nn(-c3ccccc3)cc2O)CC1. The third-order valence-electron chi connectivity index (χ3n) is 4.31. The lowest BCUT2D eigenvalue weighted by atomic mass is 9.96. The average molecular weight is 314 g/mol. The molecule has 23 heavy (non-hydrogen) atoms. The van der Waals surface area contributed by atoms with Gasteiger partial charge in [-0.05, 0) is 44.5 Å². The van der Waals surface area contributed by atoms with Crippen molar-refractivity contribution in [2.75, 3.05) is 26.7 Å². The fraction of sp³-hybridized carbons (Fsp3) is 0.412. The zero-order valence-electron chi connectivity index (χ0n) is 13.3. The van der Waals surface area contributed by atoms with Gasteiger partial charge < -0.3 is 15.3 Å². The Kier molecular flexibility index (Phi) is 4.62.